The van der Waals surface area contributed by atoms with Crippen LogP contribution in [-0.4, -0.2) is 37.6 Å². The maximum atomic E-state index is 13.2. The van der Waals surface area contributed by atoms with E-state index in [9.17, 15) is 9.18 Å². The molecule has 0 aliphatic heterocycles. The molecule has 0 fully saturated rings. The summed E-state index contributed by atoms with van der Waals surface area (Å²) in [5, 5.41) is 11.8. The van der Waals surface area contributed by atoms with E-state index in [0.717, 1.165) is 6.07 Å². The molecule has 0 heterocycles. The largest absolute Gasteiger partial charge is 0.478 e. The number of rotatable bonds is 6. The van der Waals surface area contributed by atoms with Gasteiger partial charge in [-0.1, -0.05) is 0 Å². The molecule has 2 N–H and O–H groups in total. The molecular formula is C12H16FNO4. The summed E-state index contributed by atoms with van der Waals surface area (Å²) in [6.45, 7) is 1.81. The number of methoxy groups -OCH3 is 2. The maximum absolute atomic E-state index is 13.2. The van der Waals surface area contributed by atoms with Crippen LogP contribution in [0.15, 0.2) is 18.2 Å². The highest BCUT2D eigenvalue weighted by Crippen LogP contribution is 2.17. The van der Waals surface area contributed by atoms with Gasteiger partial charge >= 0.3 is 5.97 Å². The highest BCUT2D eigenvalue weighted by Gasteiger charge is 2.17. The molecule has 0 aromatic heterocycles. The molecular weight excluding hydrogens is 241 g/mol. The average Bonchev–Trinajstić information content (AvgIpc) is 2.32. The van der Waals surface area contributed by atoms with Crippen LogP contribution in [0.2, 0.25) is 0 Å². The molecule has 0 spiro atoms. The van der Waals surface area contributed by atoms with Crippen molar-refractivity contribution in [1.82, 2.24) is 0 Å². The first-order chi connectivity index (χ1) is 8.49. The van der Waals surface area contributed by atoms with E-state index in [1.54, 1.807) is 0 Å². The van der Waals surface area contributed by atoms with Crippen LogP contribution in [0, 0.1) is 5.82 Å². The normalized spacial score (nSPS) is 12.5. The summed E-state index contributed by atoms with van der Waals surface area (Å²) in [4.78, 5) is 10.8. The number of aromatic carboxylic acids is 1. The van der Waals surface area contributed by atoms with E-state index in [-0.39, 0.29) is 11.6 Å². The Morgan fingerprint density at radius 1 is 1.39 bits per heavy atom. The zero-order valence-corrected chi connectivity index (χ0v) is 10.4. The highest BCUT2D eigenvalue weighted by atomic mass is 19.1. The van der Waals surface area contributed by atoms with E-state index >= 15 is 0 Å². The van der Waals surface area contributed by atoms with Crippen LogP contribution in [0.5, 0.6) is 0 Å². The minimum Gasteiger partial charge on any atom is -0.478 e. The number of anilines is 1. The third-order valence-corrected chi connectivity index (χ3v) is 2.46. The van der Waals surface area contributed by atoms with Gasteiger partial charge in [0.05, 0.1) is 11.6 Å². The molecule has 100 valence electrons. The molecule has 0 radical (unpaired) electrons. The maximum Gasteiger partial charge on any atom is 0.338 e. The fourth-order valence-corrected chi connectivity index (χ4v) is 1.61. The Bertz CT molecular complexity index is 421. The molecule has 0 amide bonds. The lowest BCUT2D eigenvalue weighted by Gasteiger charge is -2.23. The third kappa shape index (κ3) is 3.41. The number of halogens is 1. The molecule has 6 heteroatoms. The molecule has 1 aromatic carbocycles. The minimum atomic E-state index is -1.31. The zero-order chi connectivity index (χ0) is 13.7. The quantitative estimate of drug-likeness (QED) is 0.762. The van der Waals surface area contributed by atoms with Crippen LogP contribution in [-0.2, 0) is 9.47 Å². The number of hydrogen-bond acceptors (Lipinski definition) is 4. The van der Waals surface area contributed by atoms with Crippen LogP contribution in [0.3, 0.4) is 0 Å². The van der Waals surface area contributed by atoms with Crippen molar-refractivity contribution in [3.8, 4) is 0 Å². The fourth-order valence-electron chi connectivity index (χ4n) is 1.61. The van der Waals surface area contributed by atoms with Crippen molar-refractivity contribution in [1.29, 1.82) is 0 Å². The van der Waals surface area contributed by atoms with Gasteiger partial charge in [-0.05, 0) is 25.1 Å². The number of carboxylic acid groups (broad SMARTS) is 1. The monoisotopic (exact) mass is 257 g/mol. The molecule has 0 saturated heterocycles. The van der Waals surface area contributed by atoms with Crippen molar-refractivity contribution in [3.63, 3.8) is 0 Å². The zero-order valence-electron chi connectivity index (χ0n) is 10.4. The Kier molecular flexibility index (Phi) is 5.06. The van der Waals surface area contributed by atoms with Gasteiger partial charge in [-0.15, -0.1) is 0 Å². The summed E-state index contributed by atoms with van der Waals surface area (Å²) in [6, 6.07) is 3.58. The molecule has 1 rings (SSSR count). The van der Waals surface area contributed by atoms with E-state index in [0.29, 0.717) is 5.69 Å². The predicted molar refractivity (Wildman–Crippen MR) is 64.3 cm³/mol. The Hall–Kier alpha value is -1.66. The van der Waals surface area contributed by atoms with E-state index in [1.165, 1.54) is 26.4 Å². The minimum absolute atomic E-state index is 0.216. The van der Waals surface area contributed by atoms with Crippen molar-refractivity contribution in [2.45, 2.75) is 19.3 Å². The van der Waals surface area contributed by atoms with Gasteiger partial charge in [0.15, 0.2) is 6.29 Å². The van der Waals surface area contributed by atoms with Gasteiger partial charge in [0.2, 0.25) is 0 Å². The van der Waals surface area contributed by atoms with Gasteiger partial charge in [0.25, 0.3) is 0 Å². The molecule has 1 unspecified atom stereocenters. The van der Waals surface area contributed by atoms with Crippen LogP contribution >= 0.6 is 0 Å². The Labute approximate surface area is 105 Å². The average molecular weight is 257 g/mol. The first kappa shape index (κ1) is 14.4. The van der Waals surface area contributed by atoms with E-state index in [1.807, 2.05) is 6.92 Å². The third-order valence-electron chi connectivity index (χ3n) is 2.46. The van der Waals surface area contributed by atoms with E-state index in [2.05, 4.69) is 5.32 Å². The van der Waals surface area contributed by atoms with Gasteiger partial charge in [0.1, 0.15) is 5.82 Å². The Balaban J connectivity index is 2.85. The Morgan fingerprint density at radius 3 is 2.50 bits per heavy atom. The van der Waals surface area contributed by atoms with Gasteiger partial charge in [-0.2, -0.15) is 0 Å². The van der Waals surface area contributed by atoms with Gasteiger partial charge in [-0.3, -0.25) is 0 Å². The molecule has 1 aromatic rings. The summed E-state index contributed by atoms with van der Waals surface area (Å²) in [5.41, 5.74) is 0.110. The topological polar surface area (TPSA) is 67.8 Å². The SMILES string of the molecule is COC(OC)C(C)Nc1ccc(F)c(C(=O)O)c1. The summed E-state index contributed by atoms with van der Waals surface area (Å²) < 4.78 is 23.3. The summed E-state index contributed by atoms with van der Waals surface area (Å²) in [6.07, 6.45) is -0.483. The molecule has 18 heavy (non-hydrogen) atoms. The van der Waals surface area contributed by atoms with Crippen LogP contribution in [0.4, 0.5) is 10.1 Å². The first-order valence-electron chi connectivity index (χ1n) is 5.34. The van der Waals surface area contributed by atoms with Gasteiger partial charge in [-0.25, -0.2) is 9.18 Å². The number of hydrogen-bond donors (Lipinski definition) is 2. The standard InChI is InChI=1S/C12H16FNO4/c1-7(12(17-2)18-3)14-8-4-5-10(13)9(6-8)11(15)16/h4-7,12,14H,1-3H3,(H,15,16). The molecule has 1 atom stereocenters. The van der Waals surface area contributed by atoms with Crippen molar-refractivity contribution in [2.24, 2.45) is 0 Å². The summed E-state index contributed by atoms with van der Waals surface area (Å²) in [5.74, 6) is -2.07. The number of benzene rings is 1. The second kappa shape index (κ2) is 6.32. The summed E-state index contributed by atoms with van der Waals surface area (Å²) in [7, 11) is 3.00. The van der Waals surface area contributed by atoms with Crippen molar-refractivity contribution >= 4 is 11.7 Å². The van der Waals surface area contributed by atoms with Crippen LogP contribution < -0.4 is 5.32 Å². The highest BCUT2D eigenvalue weighted by molar-refractivity contribution is 5.89. The molecule has 5 nitrogen and oxygen atoms in total. The smallest absolute Gasteiger partial charge is 0.338 e. The lowest BCUT2D eigenvalue weighted by Crippen LogP contribution is -2.33. The summed E-state index contributed by atoms with van der Waals surface area (Å²) >= 11 is 0. The van der Waals surface area contributed by atoms with E-state index in [4.69, 9.17) is 14.6 Å². The first-order valence-corrected chi connectivity index (χ1v) is 5.34. The second-order valence-electron chi connectivity index (χ2n) is 3.77. The lowest BCUT2D eigenvalue weighted by atomic mass is 10.1. The molecule has 0 bridgehead atoms. The molecule has 0 saturated carbocycles. The number of carboxylic acids is 1. The van der Waals surface area contributed by atoms with Gasteiger partial charge in [0, 0.05) is 19.9 Å². The lowest BCUT2D eigenvalue weighted by molar-refractivity contribution is -0.109. The van der Waals surface area contributed by atoms with Crippen LogP contribution in [0.25, 0.3) is 0 Å². The number of carbonyl (C=O) groups is 1. The molecule has 0 aliphatic carbocycles. The second-order valence-corrected chi connectivity index (χ2v) is 3.77. The van der Waals surface area contributed by atoms with Crippen LogP contribution in [0.1, 0.15) is 17.3 Å². The molecule has 0 aliphatic rings. The van der Waals surface area contributed by atoms with Crippen molar-refractivity contribution in [3.05, 3.63) is 29.6 Å². The fraction of sp³-hybridized carbons (Fsp3) is 0.417. The van der Waals surface area contributed by atoms with E-state index < -0.39 is 18.1 Å². The Morgan fingerprint density at radius 2 is 2.00 bits per heavy atom. The van der Waals surface area contributed by atoms with Crippen molar-refractivity contribution < 1.29 is 23.8 Å². The van der Waals surface area contributed by atoms with Crippen molar-refractivity contribution in [2.75, 3.05) is 19.5 Å². The van der Waals surface area contributed by atoms with Gasteiger partial charge < -0.3 is 19.9 Å². The number of nitrogens with one attached hydrogen (secondary N) is 1. The predicted octanol–water partition coefficient (Wildman–Crippen LogP) is 1.94. The number of ether oxygens (including phenoxy) is 2.